The number of hydrogen-bond donors (Lipinski definition) is 1. The largest absolute Gasteiger partial charge is 0.345 e. The number of carbonyl (C=O) groups is 1. The molecule has 0 saturated heterocycles. The van der Waals surface area contributed by atoms with Gasteiger partial charge < -0.3 is 5.32 Å². The molecule has 6 heteroatoms. The summed E-state index contributed by atoms with van der Waals surface area (Å²) in [5, 5.41) is 14.1. The van der Waals surface area contributed by atoms with Gasteiger partial charge in [-0.25, -0.2) is 4.68 Å². The molecule has 0 aliphatic rings. The fraction of sp³-hybridized carbons (Fsp3) is 0.222. The number of benzene rings is 2. The second kappa shape index (κ2) is 7.04. The van der Waals surface area contributed by atoms with Gasteiger partial charge in [0.2, 0.25) is 0 Å². The molecule has 6 nitrogen and oxygen atoms in total. The number of rotatable bonds is 5. The van der Waals surface area contributed by atoms with Gasteiger partial charge in [-0.3, -0.25) is 4.79 Å². The highest BCUT2D eigenvalue weighted by molar-refractivity contribution is 5.94. The van der Waals surface area contributed by atoms with Gasteiger partial charge in [0.1, 0.15) is 6.33 Å². The lowest BCUT2D eigenvalue weighted by atomic mass is 10.0. The molecule has 0 radical (unpaired) electrons. The average molecular weight is 321 g/mol. The van der Waals surface area contributed by atoms with E-state index in [2.05, 4.69) is 59.0 Å². The third kappa shape index (κ3) is 3.48. The second-order valence-corrected chi connectivity index (χ2v) is 5.65. The Kier molecular flexibility index (Phi) is 4.65. The van der Waals surface area contributed by atoms with E-state index in [0.717, 1.165) is 17.7 Å². The molecule has 1 atom stereocenters. The van der Waals surface area contributed by atoms with E-state index in [1.165, 1.54) is 11.9 Å². The zero-order valence-electron chi connectivity index (χ0n) is 13.7. The first-order valence-electron chi connectivity index (χ1n) is 7.88. The molecule has 0 fully saturated rings. The van der Waals surface area contributed by atoms with E-state index in [1.54, 1.807) is 16.8 Å². The number of aryl methyl sites for hydroxylation is 1. The first kappa shape index (κ1) is 15.9. The molecule has 0 unspecified atom stereocenters. The predicted molar refractivity (Wildman–Crippen MR) is 90.8 cm³/mol. The third-order valence-corrected chi connectivity index (χ3v) is 3.94. The number of hydrogen-bond acceptors (Lipinski definition) is 4. The Labute approximate surface area is 140 Å². The van der Waals surface area contributed by atoms with Gasteiger partial charge in [0.15, 0.2) is 0 Å². The highest BCUT2D eigenvalue weighted by atomic mass is 16.1. The van der Waals surface area contributed by atoms with Gasteiger partial charge in [-0.05, 0) is 53.6 Å². The normalized spacial score (nSPS) is 11.9. The molecule has 0 saturated carbocycles. The first-order chi connectivity index (χ1) is 11.7. The maximum atomic E-state index is 12.5. The van der Waals surface area contributed by atoms with Crippen molar-refractivity contribution in [2.75, 3.05) is 0 Å². The Morgan fingerprint density at radius 1 is 1.12 bits per heavy atom. The van der Waals surface area contributed by atoms with Crippen molar-refractivity contribution in [3.05, 3.63) is 71.5 Å². The van der Waals surface area contributed by atoms with Gasteiger partial charge in [-0.2, -0.15) is 0 Å². The van der Waals surface area contributed by atoms with Crippen LogP contribution in [0.4, 0.5) is 0 Å². The molecule has 24 heavy (non-hydrogen) atoms. The maximum absolute atomic E-state index is 12.5. The third-order valence-electron chi connectivity index (χ3n) is 3.94. The van der Waals surface area contributed by atoms with Crippen LogP contribution >= 0.6 is 0 Å². The summed E-state index contributed by atoms with van der Waals surface area (Å²) in [6.07, 6.45) is 2.34. The number of aromatic nitrogens is 4. The second-order valence-electron chi connectivity index (χ2n) is 5.65. The minimum Gasteiger partial charge on any atom is -0.345 e. The molecule has 1 heterocycles. The van der Waals surface area contributed by atoms with E-state index >= 15 is 0 Å². The van der Waals surface area contributed by atoms with Crippen molar-refractivity contribution in [2.45, 2.75) is 26.3 Å². The molecule has 1 aromatic heterocycles. The van der Waals surface area contributed by atoms with Crippen molar-refractivity contribution in [3.8, 4) is 5.69 Å². The van der Waals surface area contributed by atoms with Crippen LogP contribution in [0.15, 0.2) is 54.9 Å². The molecular formula is C18H19N5O. The summed E-state index contributed by atoms with van der Waals surface area (Å²) >= 11 is 0. The molecule has 0 aliphatic carbocycles. The summed E-state index contributed by atoms with van der Waals surface area (Å²) in [5.74, 6) is -0.0920. The minimum atomic E-state index is -0.0920. The molecule has 1 N–H and O–H groups in total. The van der Waals surface area contributed by atoms with Crippen molar-refractivity contribution in [2.24, 2.45) is 0 Å². The molecule has 0 bridgehead atoms. The van der Waals surface area contributed by atoms with Gasteiger partial charge in [0, 0.05) is 5.56 Å². The van der Waals surface area contributed by atoms with Gasteiger partial charge in [0.25, 0.3) is 5.91 Å². The quantitative estimate of drug-likeness (QED) is 0.784. The highest BCUT2D eigenvalue weighted by Gasteiger charge is 2.14. The Bertz CT molecular complexity index is 794. The van der Waals surface area contributed by atoms with Gasteiger partial charge in [-0.15, -0.1) is 5.10 Å². The van der Waals surface area contributed by atoms with Crippen LogP contribution in [0.5, 0.6) is 0 Å². The number of amides is 1. The smallest absolute Gasteiger partial charge is 0.251 e. The van der Waals surface area contributed by atoms with E-state index in [1.807, 2.05) is 12.1 Å². The Morgan fingerprint density at radius 3 is 2.42 bits per heavy atom. The van der Waals surface area contributed by atoms with E-state index in [-0.39, 0.29) is 11.9 Å². The van der Waals surface area contributed by atoms with Crippen molar-refractivity contribution < 1.29 is 4.79 Å². The summed E-state index contributed by atoms with van der Waals surface area (Å²) < 4.78 is 1.54. The SMILES string of the molecule is CC[C@@H](NC(=O)c1ccc(-n2cnnn2)cc1)c1ccc(C)cc1. The Morgan fingerprint density at radius 2 is 1.83 bits per heavy atom. The van der Waals surface area contributed by atoms with Crippen LogP contribution in [0.1, 0.15) is 40.9 Å². The van der Waals surface area contributed by atoms with E-state index in [9.17, 15) is 4.79 Å². The van der Waals surface area contributed by atoms with Crippen LogP contribution < -0.4 is 5.32 Å². The summed E-state index contributed by atoms with van der Waals surface area (Å²) in [6.45, 7) is 4.11. The fourth-order valence-electron chi connectivity index (χ4n) is 2.51. The summed E-state index contributed by atoms with van der Waals surface area (Å²) in [6, 6.07) is 15.4. The number of tetrazole rings is 1. The van der Waals surface area contributed by atoms with Crippen LogP contribution in [0.3, 0.4) is 0 Å². The van der Waals surface area contributed by atoms with Crippen LogP contribution in [-0.4, -0.2) is 26.1 Å². The van der Waals surface area contributed by atoms with Crippen LogP contribution in [0.25, 0.3) is 5.69 Å². The Balaban J connectivity index is 1.72. The van der Waals surface area contributed by atoms with Crippen LogP contribution in [-0.2, 0) is 0 Å². The topological polar surface area (TPSA) is 72.7 Å². The Hall–Kier alpha value is -3.02. The zero-order valence-corrected chi connectivity index (χ0v) is 13.7. The molecule has 122 valence electrons. The lowest BCUT2D eigenvalue weighted by Crippen LogP contribution is -2.28. The van der Waals surface area contributed by atoms with Crippen molar-refractivity contribution >= 4 is 5.91 Å². The number of nitrogens with zero attached hydrogens (tertiary/aromatic N) is 4. The lowest BCUT2D eigenvalue weighted by Gasteiger charge is -2.18. The summed E-state index contributed by atoms with van der Waals surface area (Å²) in [7, 11) is 0. The monoisotopic (exact) mass is 321 g/mol. The van der Waals surface area contributed by atoms with Gasteiger partial charge in [-0.1, -0.05) is 36.8 Å². The lowest BCUT2D eigenvalue weighted by molar-refractivity contribution is 0.0935. The van der Waals surface area contributed by atoms with E-state index in [4.69, 9.17) is 0 Å². The standard InChI is InChI=1S/C18H19N5O/c1-3-17(14-6-4-13(2)5-7-14)20-18(24)15-8-10-16(11-9-15)23-12-19-21-22-23/h4-12,17H,3H2,1-2H3,(H,20,24)/t17-/m1/s1. The minimum absolute atomic E-state index is 0.00251. The van der Waals surface area contributed by atoms with Gasteiger partial charge >= 0.3 is 0 Å². The van der Waals surface area contributed by atoms with Gasteiger partial charge in [0.05, 0.1) is 11.7 Å². The van der Waals surface area contributed by atoms with E-state index in [0.29, 0.717) is 5.56 Å². The van der Waals surface area contributed by atoms with E-state index < -0.39 is 0 Å². The fourth-order valence-corrected chi connectivity index (χ4v) is 2.51. The van der Waals surface area contributed by atoms with Crippen molar-refractivity contribution in [1.82, 2.24) is 25.5 Å². The number of nitrogens with one attached hydrogen (secondary N) is 1. The molecule has 0 spiro atoms. The molecule has 0 aliphatic heterocycles. The van der Waals surface area contributed by atoms with Crippen LogP contribution in [0.2, 0.25) is 0 Å². The van der Waals surface area contributed by atoms with Crippen LogP contribution in [0, 0.1) is 6.92 Å². The maximum Gasteiger partial charge on any atom is 0.251 e. The molecule has 2 aromatic carbocycles. The van der Waals surface area contributed by atoms with Crippen molar-refractivity contribution in [1.29, 1.82) is 0 Å². The summed E-state index contributed by atoms with van der Waals surface area (Å²) in [4.78, 5) is 12.5. The molecule has 3 rings (SSSR count). The molecule has 3 aromatic rings. The highest BCUT2D eigenvalue weighted by Crippen LogP contribution is 2.18. The summed E-state index contributed by atoms with van der Waals surface area (Å²) in [5.41, 5.74) is 3.74. The number of carbonyl (C=O) groups excluding carboxylic acids is 1. The molecular weight excluding hydrogens is 302 g/mol. The first-order valence-corrected chi connectivity index (χ1v) is 7.88. The predicted octanol–water partition coefficient (Wildman–Crippen LogP) is 2.85. The zero-order chi connectivity index (χ0) is 16.9. The molecule has 1 amide bonds. The average Bonchev–Trinajstić information content (AvgIpc) is 3.15. The van der Waals surface area contributed by atoms with Crippen molar-refractivity contribution in [3.63, 3.8) is 0 Å².